The average Bonchev–Trinajstić information content (AvgIpc) is 2.34. The molecule has 0 heterocycles. The van der Waals surface area contributed by atoms with Crippen LogP contribution in [0.25, 0.3) is 0 Å². The SMILES string of the molecule is CC1(C)CCCCC1NS(=O)(=O)Cc1ccccc1N. The first-order chi connectivity index (χ1) is 9.30. The van der Waals surface area contributed by atoms with Crippen molar-refractivity contribution in [2.45, 2.75) is 51.3 Å². The molecule has 0 radical (unpaired) electrons. The molecular weight excluding hydrogens is 272 g/mol. The van der Waals surface area contributed by atoms with Crippen LogP contribution >= 0.6 is 0 Å². The molecule has 1 atom stereocenters. The third kappa shape index (κ3) is 3.73. The number of nitrogens with two attached hydrogens (primary N) is 1. The lowest BCUT2D eigenvalue weighted by atomic mass is 9.74. The highest BCUT2D eigenvalue weighted by Gasteiger charge is 2.34. The lowest BCUT2D eigenvalue weighted by Gasteiger charge is -2.38. The Morgan fingerprint density at radius 2 is 2.00 bits per heavy atom. The number of benzene rings is 1. The lowest BCUT2D eigenvalue weighted by Crippen LogP contribution is -2.47. The minimum atomic E-state index is -3.36. The minimum Gasteiger partial charge on any atom is -0.398 e. The summed E-state index contributed by atoms with van der Waals surface area (Å²) in [7, 11) is -3.36. The van der Waals surface area contributed by atoms with Gasteiger partial charge in [-0.2, -0.15) is 0 Å². The number of nitrogens with one attached hydrogen (secondary N) is 1. The van der Waals surface area contributed by atoms with Crippen LogP contribution in [0.4, 0.5) is 5.69 Å². The van der Waals surface area contributed by atoms with Crippen molar-refractivity contribution >= 4 is 15.7 Å². The second kappa shape index (κ2) is 5.74. The van der Waals surface area contributed by atoms with Crippen molar-refractivity contribution in [3.8, 4) is 0 Å². The van der Waals surface area contributed by atoms with Crippen molar-refractivity contribution in [2.75, 3.05) is 5.73 Å². The van der Waals surface area contributed by atoms with E-state index in [2.05, 4.69) is 18.6 Å². The zero-order valence-corrected chi connectivity index (χ0v) is 13.0. The van der Waals surface area contributed by atoms with Gasteiger partial charge in [-0.05, 0) is 29.9 Å². The molecule has 4 nitrogen and oxygen atoms in total. The van der Waals surface area contributed by atoms with Crippen LogP contribution < -0.4 is 10.5 Å². The highest BCUT2D eigenvalue weighted by atomic mass is 32.2. The maximum absolute atomic E-state index is 12.3. The summed E-state index contributed by atoms with van der Waals surface area (Å²) in [5, 5.41) is 0. The molecule has 1 aliphatic carbocycles. The van der Waals surface area contributed by atoms with Gasteiger partial charge in [0.15, 0.2) is 0 Å². The number of nitrogen functional groups attached to an aromatic ring is 1. The Bertz CT molecular complexity index is 567. The van der Waals surface area contributed by atoms with Crippen LogP contribution in [-0.2, 0) is 15.8 Å². The molecule has 3 N–H and O–H groups in total. The molecule has 1 unspecified atom stereocenters. The summed E-state index contributed by atoms with van der Waals surface area (Å²) in [6, 6.07) is 7.14. The van der Waals surface area contributed by atoms with Gasteiger partial charge in [0.2, 0.25) is 10.0 Å². The van der Waals surface area contributed by atoms with E-state index in [1.807, 2.05) is 12.1 Å². The maximum Gasteiger partial charge on any atom is 0.216 e. The van der Waals surface area contributed by atoms with Gasteiger partial charge >= 0.3 is 0 Å². The average molecular weight is 296 g/mol. The Morgan fingerprint density at radius 3 is 2.65 bits per heavy atom. The quantitative estimate of drug-likeness (QED) is 0.839. The van der Waals surface area contributed by atoms with E-state index in [9.17, 15) is 8.42 Å². The molecule has 0 aromatic heterocycles. The molecule has 0 spiro atoms. The van der Waals surface area contributed by atoms with Gasteiger partial charge in [0.25, 0.3) is 0 Å². The highest BCUT2D eigenvalue weighted by Crippen LogP contribution is 2.36. The molecule has 1 aliphatic rings. The molecule has 0 bridgehead atoms. The van der Waals surface area contributed by atoms with Crippen LogP contribution in [0, 0.1) is 5.41 Å². The summed E-state index contributed by atoms with van der Waals surface area (Å²) in [5.74, 6) is -0.0494. The van der Waals surface area contributed by atoms with Crippen LogP contribution in [0.3, 0.4) is 0 Å². The highest BCUT2D eigenvalue weighted by molar-refractivity contribution is 7.88. The Hall–Kier alpha value is -1.07. The van der Waals surface area contributed by atoms with Gasteiger partial charge < -0.3 is 5.73 Å². The van der Waals surface area contributed by atoms with Crippen molar-refractivity contribution in [1.29, 1.82) is 0 Å². The van der Waals surface area contributed by atoms with E-state index in [1.54, 1.807) is 12.1 Å². The number of hydrogen-bond donors (Lipinski definition) is 2. The number of para-hydroxylation sites is 1. The van der Waals surface area contributed by atoms with Crippen LogP contribution in [0.2, 0.25) is 0 Å². The first-order valence-electron chi connectivity index (χ1n) is 7.13. The normalized spacial score (nSPS) is 22.6. The molecule has 2 rings (SSSR count). The van der Waals surface area contributed by atoms with Crippen molar-refractivity contribution in [3.63, 3.8) is 0 Å². The number of hydrogen-bond acceptors (Lipinski definition) is 3. The molecule has 1 fully saturated rings. The topological polar surface area (TPSA) is 72.2 Å². The van der Waals surface area contributed by atoms with E-state index >= 15 is 0 Å². The van der Waals surface area contributed by atoms with Gasteiger partial charge in [-0.1, -0.05) is 44.9 Å². The van der Waals surface area contributed by atoms with E-state index in [0.717, 1.165) is 19.3 Å². The Labute approximate surface area is 121 Å². The summed E-state index contributed by atoms with van der Waals surface area (Å²) in [4.78, 5) is 0. The Morgan fingerprint density at radius 1 is 1.30 bits per heavy atom. The molecule has 5 heteroatoms. The molecule has 0 amide bonds. The fourth-order valence-corrected chi connectivity index (χ4v) is 4.47. The summed E-state index contributed by atoms with van der Waals surface area (Å²) < 4.78 is 27.6. The van der Waals surface area contributed by atoms with Crippen LogP contribution in [0.5, 0.6) is 0 Å². The zero-order chi connectivity index (χ0) is 14.8. The third-order valence-corrected chi connectivity index (χ3v) is 5.56. The van der Waals surface area contributed by atoms with Gasteiger partial charge in [-0.15, -0.1) is 0 Å². The zero-order valence-electron chi connectivity index (χ0n) is 12.2. The summed E-state index contributed by atoms with van der Waals surface area (Å²) >= 11 is 0. The van der Waals surface area contributed by atoms with E-state index in [0.29, 0.717) is 11.3 Å². The number of rotatable bonds is 4. The third-order valence-electron chi connectivity index (χ3n) is 4.23. The van der Waals surface area contributed by atoms with Gasteiger partial charge in [-0.25, -0.2) is 13.1 Å². The van der Waals surface area contributed by atoms with Gasteiger partial charge in [0.1, 0.15) is 0 Å². The van der Waals surface area contributed by atoms with E-state index < -0.39 is 10.0 Å². The summed E-state index contributed by atoms with van der Waals surface area (Å²) in [6.07, 6.45) is 4.24. The number of anilines is 1. The minimum absolute atomic E-state index is 0.0196. The number of sulfonamides is 1. The molecular formula is C15H24N2O2S. The Balaban J connectivity index is 2.10. The smallest absolute Gasteiger partial charge is 0.216 e. The largest absolute Gasteiger partial charge is 0.398 e. The van der Waals surface area contributed by atoms with Gasteiger partial charge in [-0.3, -0.25) is 0 Å². The Kier molecular flexibility index (Phi) is 4.39. The maximum atomic E-state index is 12.3. The molecule has 0 aliphatic heterocycles. The fraction of sp³-hybridized carbons (Fsp3) is 0.600. The monoisotopic (exact) mass is 296 g/mol. The molecule has 1 saturated carbocycles. The van der Waals surface area contributed by atoms with Crippen molar-refractivity contribution < 1.29 is 8.42 Å². The second-order valence-corrected chi connectivity index (χ2v) is 8.12. The van der Waals surface area contributed by atoms with E-state index in [-0.39, 0.29) is 17.2 Å². The standard InChI is InChI=1S/C15H24N2O2S/c1-15(2)10-6-5-9-14(15)17-20(18,19)11-12-7-3-4-8-13(12)16/h3-4,7-8,14,17H,5-6,9-11,16H2,1-2H3. The predicted octanol–water partition coefficient (Wildman–Crippen LogP) is 2.66. The van der Waals surface area contributed by atoms with Gasteiger partial charge in [0.05, 0.1) is 5.75 Å². The van der Waals surface area contributed by atoms with Crippen molar-refractivity contribution in [3.05, 3.63) is 29.8 Å². The van der Waals surface area contributed by atoms with E-state index in [4.69, 9.17) is 5.73 Å². The first kappa shape index (κ1) is 15.3. The predicted molar refractivity (Wildman–Crippen MR) is 82.7 cm³/mol. The van der Waals surface area contributed by atoms with Crippen LogP contribution in [-0.4, -0.2) is 14.5 Å². The lowest BCUT2D eigenvalue weighted by molar-refractivity contribution is 0.188. The molecule has 112 valence electrons. The second-order valence-electron chi connectivity index (χ2n) is 6.36. The van der Waals surface area contributed by atoms with Crippen LogP contribution in [0.15, 0.2) is 24.3 Å². The van der Waals surface area contributed by atoms with E-state index in [1.165, 1.54) is 6.42 Å². The van der Waals surface area contributed by atoms with Crippen molar-refractivity contribution in [2.24, 2.45) is 5.41 Å². The van der Waals surface area contributed by atoms with Gasteiger partial charge in [0, 0.05) is 11.7 Å². The molecule has 0 saturated heterocycles. The summed E-state index contributed by atoms with van der Waals surface area (Å²) in [6.45, 7) is 4.27. The molecule has 1 aromatic carbocycles. The first-order valence-corrected chi connectivity index (χ1v) is 8.79. The molecule has 1 aromatic rings. The van der Waals surface area contributed by atoms with Crippen LogP contribution in [0.1, 0.15) is 45.1 Å². The van der Waals surface area contributed by atoms with Crippen molar-refractivity contribution in [1.82, 2.24) is 4.72 Å². The molecule has 20 heavy (non-hydrogen) atoms. The summed E-state index contributed by atoms with van der Waals surface area (Å²) in [5.41, 5.74) is 7.03. The fourth-order valence-electron chi connectivity index (χ4n) is 2.84.